The van der Waals surface area contributed by atoms with Crippen LogP contribution in [0.3, 0.4) is 0 Å². The fourth-order valence-corrected chi connectivity index (χ4v) is 2.02. The first-order chi connectivity index (χ1) is 6.46. The number of aliphatic hydroxyl groups is 1. The Kier molecular flexibility index (Phi) is 3.80. The normalized spacial score (nSPS) is 21.6. The van der Waals surface area contributed by atoms with Crippen LogP contribution >= 0.6 is 11.8 Å². The van der Waals surface area contributed by atoms with Crippen molar-refractivity contribution < 1.29 is 9.90 Å². The van der Waals surface area contributed by atoms with Gasteiger partial charge in [0.2, 0.25) is 5.91 Å². The lowest BCUT2D eigenvalue weighted by atomic mass is 9.96. The summed E-state index contributed by atoms with van der Waals surface area (Å²) in [6.07, 6.45) is 2.70. The molecule has 0 aromatic rings. The van der Waals surface area contributed by atoms with Gasteiger partial charge in [-0.3, -0.25) is 4.79 Å². The largest absolute Gasteiger partial charge is 0.386 e. The molecule has 0 aromatic heterocycles. The molecule has 0 aliphatic carbocycles. The van der Waals surface area contributed by atoms with Gasteiger partial charge in [0.05, 0.1) is 24.7 Å². The predicted octanol–water partition coefficient (Wildman–Crippen LogP) is -0.340. The number of likely N-dealkylation sites (tertiary alicyclic amines) is 1. The number of carbonyl (C=O) groups is 1. The van der Waals surface area contributed by atoms with Crippen LogP contribution in [0.1, 0.15) is 13.3 Å². The number of rotatable bonds is 4. The van der Waals surface area contributed by atoms with E-state index in [4.69, 9.17) is 5.73 Å². The number of hydrogen-bond donors (Lipinski definition) is 2. The second-order valence-corrected chi connectivity index (χ2v) is 5.06. The van der Waals surface area contributed by atoms with Gasteiger partial charge >= 0.3 is 0 Å². The molecule has 1 aliphatic heterocycles. The van der Waals surface area contributed by atoms with Crippen LogP contribution in [0.2, 0.25) is 0 Å². The van der Waals surface area contributed by atoms with E-state index >= 15 is 0 Å². The first-order valence-electron chi connectivity index (χ1n) is 4.72. The Labute approximate surface area is 88.8 Å². The predicted molar refractivity (Wildman–Crippen MR) is 58.2 cm³/mol. The molecule has 0 unspecified atom stereocenters. The maximum atomic E-state index is 11.6. The Hall–Kier alpha value is -0.260. The van der Waals surface area contributed by atoms with Crippen molar-refractivity contribution in [2.75, 3.05) is 25.1 Å². The molecule has 1 atom stereocenters. The van der Waals surface area contributed by atoms with Crippen LogP contribution in [0.25, 0.3) is 0 Å². The van der Waals surface area contributed by atoms with E-state index in [2.05, 4.69) is 0 Å². The molecule has 1 fully saturated rings. The molecule has 0 spiro atoms. The Morgan fingerprint density at radius 1 is 1.71 bits per heavy atom. The zero-order valence-electron chi connectivity index (χ0n) is 8.69. The number of carbonyl (C=O) groups excluding carboxylic acids is 1. The van der Waals surface area contributed by atoms with E-state index in [1.54, 1.807) is 23.6 Å². The summed E-state index contributed by atoms with van der Waals surface area (Å²) in [5.41, 5.74) is 5.02. The summed E-state index contributed by atoms with van der Waals surface area (Å²) in [7, 11) is 0. The molecule has 0 radical (unpaired) electrons. The van der Waals surface area contributed by atoms with Crippen molar-refractivity contribution in [1.29, 1.82) is 0 Å². The maximum absolute atomic E-state index is 11.6. The van der Waals surface area contributed by atoms with Gasteiger partial charge in [-0.15, -0.1) is 0 Å². The van der Waals surface area contributed by atoms with Crippen LogP contribution in [-0.2, 0) is 4.79 Å². The van der Waals surface area contributed by atoms with Gasteiger partial charge in [-0.2, -0.15) is 11.8 Å². The highest BCUT2D eigenvalue weighted by molar-refractivity contribution is 7.98. The number of β-amino-alcohol motifs (C(OH)–C–C–N with tert-alkyl or cyclic N) is 1. The van der Waals surface area contributed by atoms with Gasteiger partial charge in [0, 0.05) is 0 Å². The van der Waals surface area contributed by atoms with Gasteiger partial charge in [-0.1, -0.05) is 0 Å². The van der Waals surface area contributed by atoms with E-state index in [0.29, 0.717) is 19.5 Å². The second kappa shape index (κ2) is 4.51. The minimum Gasteiger partial charge on any atom is -0.386 e. The quantitative estimate of drug-likeness (QED) is 0.677. The van der Waals surface area contributed by atoms with Gasteiger partial charge in [-0.05, 0) is 25.4 Å². The van der Waals surface area contributed by atoms with Crippen molar-refractivity contribution in [3.63, 3.8) is 0 Å². The van der Waals surface area contributed by atoms with Crippen molar-refractivity contribution >= 4 is 17.7 Å². The van der Waals surface area contributed by atoms with E-state index in [-0.39, 0.29) is 5.91 Å². The van der Waals surface area contributed by atoms with Crippen LogP contribution in [-0.4, -0.2) is 52.7 Å². The zero-order valence-corrected chi connectivity index (χ0v) is 9.51. The highest BCUT2D eigenvalue weighted by Gasteiger charge is 2.40. The van der Waals surface area contributed by atoms with Crippen LogP contribution in [0.4, 0.5) is 0 Å². The van der Waals surface area contributed by atoms with Crippen molar-refractivity contribution in [3.8, 4) is 0 Å². The van der Waals surface area contributed by atoms with Crippen LogP contribution in [0.15, 0.2) is 0 Å². The monoisotopic (exact) mass is 218 g/mol. The molecule has 4 nitrogen and oxygen atoms in total. The summed E-state index contributed by atoms with van der Waals surface area (Å²) < 4.78 is 0. The third kappa shape index (κ3) is 2.87. The number of nitrogens with zero attached hydrogens (tertiary/aromatic N) is 1. The van der Waals surface area contributed by atoms with Gasteiger partial charge in [0.15, 0.2) is 0 Å². The summed E-state index contributed by atoms with van der Waals surface area (Å²) in [5, 5.41) is 9.45. The molecule has 1 heterocycles. The average Bonchev–Trinajstić information content (AvgIpc) is 2.08. The van der Waals surface area contributed by atoms with E-state index in [0.717, 1.165) is 5.75 Å². The third-order valence-corrected chi connectivity index (χ3v) is 2.97. The van der Waals surface area contributed by atoms with Crippen molar-refractivity contribution in [1.82, 2.24) is 4.90 Å². The van der Waals surface area contributed by atoms with E-state index < -0.39 is 11.6 Å². The molecule has 0 bridgehead atoms. The number of nitrogens with two attached hydrogens (primary N) is 1. The standard InChI is InChI=1S/C9H18N2O2S/c1-9(13)5-11(6-9)8(12)7(10)3-4-14-2/h7,13H,3-6,10H2,1-2H3/t7-/m1/s1. The van der Waals surface area contributed by atoms with Gasteiger partial charge in [0.25, 0.3) is 0 Å². The molecule has 0 aromatic carbocycles. The third-order valence-electron chi connectivity index (χ3n) is 2.32. The highest BCUT2D eigenvalue weighted by atomic mass is 32.2. The fourth-order valence-electron chi connectivity index (χ4n) is 1.53. The molecule has 0 saturated carbocycles. The van der Waals surface area contributed by atoms with Crippen molar-refractivity contribution in [2.45, 2.75) is 25.0 Å². The summed E-state index contributed by atoms with van der Waals surface area (Å²) >= 11 is 1.68. The average molecular weight is 218 g/mol. The number of thioether (sulfide) groups is 1. The summed E-state index contributed by atoms with van der Waals surface area (Å²) in [6.45, 7) is 2.56. The lowest BCUT2D eigenvalue weighted by Crippen LogP contribution is -2.64. The second-order valence-electron chi connectivity index (χ2n) is 4.08. The first-order valence-corrected chi connectivity index (χ1v) is 6.11. The number of hydrogen-bond acceptors (Lipinski definition) is 4. The minimum atomic E-state index is -0.700. The summed E-state index contributed by atoms with van der Waals surface area (Å²) in [4.78, 5) is 13.2. The molecule has 5 heteroatoms. The molecule has 3 N–H and O–H groups in total. The summed E-state index contributed by atoms with van der Waals surface area (Å²) in [5.74, 6) is 0.863. The van der Waals surface area contributed by atoms with E-state index in [1.807, 2.05) is 6.26 Å². The maximum Gasteiger partial charge on any atom is 0.239 e. The number of amides is 1. The van der Waals surface area contributed by atoms with E-state index in [1.165, 1.54) is 0 Å². The van der Waals surface area contributed by atoms with Gasteiger partial charge in [-0.25, -0.2) is 0 Å². The molecule has 1 saturated heterocycles. The van der Waals surface area contributed by atoms with Crippen molar-refractivity contribution in [2.24, 2.45) is 5.73 Å². The minimum absolute atomic E-state index is 0.0365. The van der Waals surface area contributed by atoms with Gasteiger partial charge < -0.3 is 15.7 Å². The fraction of sp³-hybridized carbons (Fsp3) is 0.889. The lowest BCUT2D eigenvalue weighted by molar-refractivity contribution is -0.153. The molecule has 1 aliphatic rings. The van der Waals surface area contributed by atoms with Gasteiger partial charge in [0.1, 0.15) is 0 Å². The molecule has 1 amide bonds. The van der Waals surface area contributed by atoms with Crippen LogP contribution < -0.4 is 5.73 Å². The molecular weight excluding hydrogens is 200 g/mol. The van der Waals surface area contributed by atoms with Crippen LogP contribution in [0, 0.1) is 0 Å². The first kappa shape index (κ1) is 11.8. The molecule has 14 heavy (non-hydrogen) atoms. The Balaban J connectivity index is 2.29. The molecule has 82 valence electrons. The smallest absolute Gasteiger partial charge is 0.239 e. The zero-order chi connectivity index (χ0) is 10.8. The Morgan fingerprint density at radius 3 is 2.71 bits per heavy atom. The Morgan fingerprint density at radius 2 is 2.29 bits per heavy atom. The topological polar surface area (TPSA) is 66.6 Å². The van der Waals surface area contributed by atoms with E-state index in [9.17, 15) is 9.90 Å². The molecule has 1 rings (SSSR count). The SMILES string of the molecule is CSCC[C@@H](N)C(=O)N1CC(C)(O)C1. The van der Waals surface area contributed by atoms with Crippen molar-refractivity contribution in [3.05, 3.63) is 0 Å². The summed E-state index contributed by atoms with van der Waals surface area (Å²) in [6, 6.07) is -0.404. The Bertz CT molecular complexity index is 213. The molecular formula is C9H18N2O2S. The highest BCUT2D eigenvalue weighted by Crippen LogP contribution is 2.20. The lowest BCUT2D eigenvalue weighted by Gasteiger charge is -2.45. The van der Waals surface area contributed by atoms with Crippen LogP contribution in [0.5, 0.6) is 0 Å².